The molecule has 0 bridgehead atoms. The van der Waals surface area contributed by atoms with Crippen molar-refractivity contribution in [1.82, 2.24) is 24.7 Å². The quantitative estimate of drug-likeness (QED) is 0.771. The first kappa shape index (κ1) is 12.7. The zero-order valence-corrected chi connectivity index (χ0v) is 11.8. The Kier molecular flexibility index (Phi) is 3.15. The van der Waals surface area contributed by atoms with Crippen molar-refractivity contribution in [2.75, 3.05) is 0 Å². The number of fused-ring (bicyclic) bond motifs is 1. The summed E-state index contributed by atoms with van der Waals surface area (Å²) in [7, 11) is 0. The average Bonchev–Trinajstić information content (AvgIpc) is 2.90. The van der Waals surface area contributed by atoms with Gasteiger partial charge in [-0.25, -0.2) is 19.6 Å². The highest BCUT2D eigenvalue weighted by Gasteiger charge is 2.12. The van der Waals surface area contributed by atoms with E-state index in [4.69, 9.17) is 5.73 Å². The molecule has 0 aliphatic heterocycles. The molecule has 1 amide bonds. The molecule has 0 atom stereocenters. The molecule has 0 saturated carbocycles. The molecule has 0 unspecified atom stereocenters. The number of rotatable bonds is 3. The number of nitrogens with two attached hydrogens (primary N) is 1. The third-order valence-electron chi connectivity index (χ3n) is 2.65. The summed E-state index contributed by atoms with van der Waals surface area (Å²) in [5.41, 5.74) is 5.91. The van der Waals surface area contributed by atoms with Gasteiger partial charge in [-0.1, -0.05) is 15.9 Å². The maximum absolute atomic E-state index is 11.1. The van der Waals surface area contributed by atoms with E-state index < -0.39 is 5.91 Å². The minimum Gasteiger partial charge on any atom is -0.369 e. The predicted octanol–water partition coefficient (Wildman–Crippen LogP) is 1.00. The monoisotopic (exact) mass is 332 g/mol. The van der Waals surface area contributed by atoms with Gasteiger partial charge in [0.2, 0.25) is 5.91 Å². The maximum Gasteiger partial charge on any atom is 0.225 e. The van der Waals surface area contributed by atoms with Crippen LogP contribution in [0.4, 0.5) is 0 Å². The van der Waals surface area contributed by atoms with E-state index in [1.807, 2.05) is 18.2 Å². The van der Waals surface area contributed by atoms with Crippen molar-refractivity contribution in [3.05, 3.63) is 41.2 Å². The van der Waals surface area contributed by atoms with Crippen LogP contribution in [-0.4, -0.2) is 30.6 Å². The lowest BCUT2D eigenvalue weighted by atomic mass is 10.2. The summed E-state index contributed by atoms with van der Waals surface area (Å²) in [5, 5.41) is 4.88. The van der Waals surface area contributed by atoms with Crippen LogP contribution in [0.1, 0.15) is 5.82 Å². The number of carbonyl (C=O) groups is 1. The number of carbonyl (C=O) groups excluding carboxylic acids is 1. The van der Waals surface area contributed by atoms with Crippen molar-refractivity contribution in [3.8, 4) is 5.82 Å². The Balaban J connectivity index is 2.27. The van der Waals surface area contributed by atoms with Gasteiger partial charge in [0.05, 0.1) is 11.9 Å². The second-order valence-electron chi connectivity index (χ2n) is 4.11. The number of nitrogens with zero attached hydrogens (tertiary/aromatic N) is 5. The molecule has 2 aromatic heterocycles. The fourth-order valence-electron chi connectivity index (χ4n) is 1.86. The molecule has 3 aromatic rings. The first-order valence-corrected chi connectivity index (χ1v) is 6.52. The van der Waals surface area contributed by atoms with Gasteiger partial charge in [-0.2, -0.15) is 5.10 Å². The number of amides is 1. The fourth-order valence-corrected chi connectivity index (χ4v) is 2.21. The Morgan fingerprint density at radius 2 is 2.20 bits per heavy atom. The van der Waals surface area contributed by atoms with Crippen LogP contribution in [0, 0.1) is 0 Å². The molecular formula is C12H9BrN6O. The van der Waals surface area contributed by atoms with Crippen molar-refractivity contribution < 1.29 is 4.79 Å². The van der Waals surface area contributed by atoms with Gasteiger partial charge in [0.15, 0.2) is 5.82 Å². The minimum atomic E-state index is -0.483. The number of halogens is 1. The van der Waals surface area contributed by atoms with Crippen LogP contribution in [-0.2, 0) is 11.2 Å². The molecule has 0 fully saturated rings. The lowest BCUT2D eigenvalue weighted by molar-refractivity contribution is -0.117. The molecule has 100 valence electrons. The third kappa shape index (κ3) is 2.37. The highest BCUT2D eigenvalue weighted by Crippen LogP contribution is 2.22. The Morgan fingerprint density at radius 3 is 2.90 bits per heavy atom. The van der Waals surface area contributed by atoms with E-state index in [0.29, 0.717) is 17.2 Å². The summed E-state index contributed by atoms with van der Waals surface area (Å²) < 4.78 is 2.42. The van der Waals surface area contributed by atoms with E-state index in [2.05, 4.69) is 36.0 Å². The number of hydrogen-bond donors (Lipinski definition) is 1. The van der Waals surface area contributed by atoms with Crippen molar-refractivity contribution in [3.63, 3.8) is 0 Å². The Bertz CT molecular complexity index is 786. The van der Waals surface area contributed by atoms with E-state index in [0.717, 1.165) is 9.86 Å². The van der Waals surface area contributed by atoms with Crippen molar-refractivity contribution in [2.45, 2.75) is 6.42 Å². The predicted molar refractivity (Wildman–Crippen MR) is 75.1 cm³/mol. The van der Waals surface area contributed by atoms with Gasteiger partial charge in [0.25, 0.3) is 0 Å². The Morgan fingerprint density at radius 1 is 1.35 bits per heavy atom. The molecule has 0 spiro atoms. The molecular weight excluding hydrogens is 324 g/mol. The number of hydrogen-bond acceptors (Lipinski definition) is 5. The van der Waals surface area contributed by atoms with E-state index >= 15 is 0 Å². The van der Waals surface area contributed by atoms with Crippen LogP contribution in [0.5, 0.6) is 0 Å². The highest BCUT2D eigenvalue weighted by molar-refractivity contribution is 9.10. The summed E-state index contributed by atoms with van der Waals surface area (Å²) >= 11 is 3.39. The molecule has 0 aliphatic carbocycles. The molecule has 8 heteroatoms. The zero-order chi connectivity index (χ0) is 14.1. The van der Waals surface area contributed by atoms with Crippen molar-refractivity contribution >= 4 is 32.7 Å². The number of primary amides is 1. The van der Waals surface area contributed by atoms with Gasteiger partial charge < -0.3 is 5.73 Å². The minimum absolute atomic E-state index is 0.0237. The first-order chi connectivity index (χ1) is 9.63. The summed E-state index contributed by atoms with van der Waals surface area (Å²) in [6.45, 7) is 0. The highest BCUT2D eigenvalue weighted by atomic mass is 79.9. The topological polar surface area (TPSA) is 99.6 Å². The fraction of sp³-hybridized carbons (Fsp3) is 0.0833. The SMILES string of the molecule is NC(=O)Cc1nc(-n2cncn2)c2ccc(Br)cc2n1. The molecule has 0 aliphatic rings. The maximum atomic E-state index is 11.1. The van der Waals surface area contributed by atoms with Gasteiger partial charge in [-0.15, -0.1) is 0 Å². The Hall–Kier alpha value is -2.35. The molecule has 20 heavy (non-hydrogen) atoms. The van der Waals surface area contributed by atoms with Gasteiger partial charge in [-0.3, -0.25) is 4.79 Å². The van der Waals surface area contributed by atoms with E-state index in [1.54, 1.807) is 0 Å². The van der Waals surface area contributed by atoms with Crippen LogP contribution in [0.3, 0.4) is 0 Å². The van der Waals surface area contributed by atoms with Crippen LogP contribution in [0.15, 0.2) is 35.3 Å². The van der Waals surface area contributed by atoms with Gasteiger partial charge in [-0.05, 0) is 18.2 Å². The molecule has 0 radical (unpaired) electrons. The average molecular weight is 333 g/mol. The smallest absolute Gasteiger partial charge is 0.225 e. The molecule has 1 aromatic carbocycles. The first-order valence-electron chi connectivity index (χ1n) is 5.73. The second-order valence-corrected chi connectivity index (χ2v) is 5.02. The van der Waals surface area contributed by atoms with Crippen LogP contribution < -0.4 is 5.73 Å². The van der Waals surface area contributed by atoms with E-state index in [9.17, 15) is 4.79 Å². The van der Waals surface area contributed by atoms with Crippen molar-refractivity contribution in [2.24, 2.45) is 5.73 Å². The van der Waals surface area contributed by atoms with E-state index in [-0.39, 0.29) is 6.42 Å². The second kappa shape index (κ2) is 4.97. The standard InChI is InChI=1S/C12H9BrN6O/c13-7-1-2-8-9(3-7)17-11(4-10(14)20)18-12(8)19-6-15-5-16-19/h1-3,5-6H,4H2,(H2,14,20). The molecule has 2 N–H and O–H groups in total. The third-order valence-corrected chi connectivity index (χ3v) is 3.15. The van der Waals surface area contributed by atoms with E-state index in [1.165, 1.54) is 17.3 Å². The van der Waals surface area contributed by atoms with Crippen LogP contribution >= 0.6 is 15.9 Å². The molecule has 0 saturated heterocycles. The largest absolute Gasteiger partial charge is 0.369 e. The molecule has 3 rings (SSSR count). The summed E-state index contributed by atoms with van der Waals surface area (Å²) in [4.78, 5) is 23.7. The molecule has 7 nitrogen and oxygen atoms in total. The van der Waals surface area contributed by atoms with Crippen LogP contribution in [0.2, 0.25) is 0 Å². The summed E-state index contributed by atoms with van der Waals surface area (Å²) in [6.07, 6.45) is 2.93. The van der Waals surface area contributed by atoms with Crippen LogP contribution in [0.25, 0.3) is 16.7 Å². The summed E-state index contributed by atoms with van der Waals surface area (Å²) in [6, 6.07) is 5.62. The van der Waals surface area contributed by atoms with Gasteiger partial charge in [0, 0.05) is 9.86 Å². The summed E-state index contributed by atoms with van der Waals surface area (Å²) in [5.74, 6) is 0.439. The Labute approximate surface area is 122 Å². The normalized spacial score (nSPS) is 10.8. The number of aromatic nitrogens is 5. The van der Waals surface area contributed by atoms with Gasteiger partial charge in [0.1, 0.15) is 18.5 Å². The molecule has 2 heterocycles. The lowest BCUT2D eigenvalue weighted by Crippen LogP contribution is -2.16. The number of benzene rings is 1. The van der Waals surface area contributed by atoms with Gasteiger partial charge >= 0.3 is 0 Å². The van der Waals surface area contributed by atoms with Crippen molar-refractivity contribution in [1.29, 1.82) is 0 Å². The lowest BCUT2D eigenvalue weighted by Gasteiger charge is -2.07. The zero-order valence-electron chi connectivity index (χ0n) is 10.2.